The zero-order valence-electron chi connectivity index (χ0n) is 8.66. The normalized spacial score (nSPS) is 30.6. The van der Waals surface area contributed by atoms with Crippen LogP contribution in [-0.4, -0.2) is 6.04 Å². The summed E-state index contributed by atoms with van der Waals surface area (Å²) in [6.07, 6.45) is 4.20. The van der Waals surface area contributed by atoms with E-state index < -0.39 is 0 Å². The highest BCUT2D eigenvalue weighted by atomic mass is 15.0. The Morgan fingerprint density at radius 2 is 2.00 bits per heavy atom. The average molecular weight is 187 g/mol. The van der Waals surface area contributed by atoms with Crippen LogP contribution >= 0.6 is 0 Å². The molecule has 1 saturated carbocycles. The summed E-state index contributed by atoms with van der Waals surface area (Å²) in [7, 11) is 0. The molecule has 0 aromatic heterocycles. The van der Waals surface area contributed by atoms with E-state index in [1.54, 1.807) is 0 Å². The van der Waals surface area contributed by atoms with Gasteiger partial charge in [-0.15, -0.1) is 0 Å². The predicted molar refractivity (Wildman–Crippen MR) is 59.6 cm³/mol. The lowest BCUT2D eigenvalue weighted by Gasteiger charge is -2.31. The van der Waals surface area contributed by atoms with E-state index in [2.05, 4.69) is 36.5 Å². The van der Waals surface area contributed by atoms with Crippen LogP contribution in [0.15, 0.2) is 24.3 Å². The summed E-state index contributed by atoms with van der Waals surface area (Å²) in [6, 6.07) is 9.51. The second kappa shape index (κ2) is 3.01. The van der Waals surface area contributed by atoms with E-state index in [9.17, 15) is 0 Å². The Kier molecular flexibility index (Phi) is 1.79. The van der Waals surface area contributed by atoms with Gasteiger partial charge in [-0.2, -0.15) is 0 Å². The fraction of sp³-hybridized carbons (Fsp3) is 0.538. The summed E-state index contributed by atoms with van der Waals surface area (Å²) >= 11 is 0. The highest BCUT2D eigenvalue weighted by Crippen LogP contribution is 2.42. The van der Waals surface area contributed by atoms with E-state index in [4.69, 9.17) is 0 Å². The van der Waals surface area contributed by atoms with Crippen LogP contribution in [-0.2, 0) is 0 Å². The van der Waals surface area contributed by atoms with Gasteiger partial charge < -0.3 is 5.32 Å². The Morgan fingerprint density at radius 3 is 2.79 bits per heavy atom. The first-order valence-corrected chi connectivity index (χ1v) is 5.70. The maximum Gasteiger partial charge on any atom is 0.0377 e. The Hall–Kier alpha value is -0.980. The van der Waals surface area contributed by atoms with E-state index in [1.807, 2.05) is 0 Å². The molecule has 1 aromatic carbocycles. The summed E-state index contributed by atoms with van der Waals surface area (Å²) in [5.41, 5.74) is 2.88. The lowest BCUT2D eigenvalue weighted by molar-refractivity contribution is 0.514. The van der Waals surface area contributed by atoms with Crippen molar-refractivity contribution < 1.29 is 0 Å². The van der Waals surface area contributed by atoms with Crippen LogP contribution in [0.5, 0.6) is 0 Å². The number of nitrogens with one attached hydrogen (secondary N) is 1. The number of rotatable bonds is 1. The molecule has 74 valence electrons. The number of hydrogen-bond acceptors (Lipinski definition) is 1. The predicted octanol–water partition coefficient (Wildman–Crippen LogP) is 3.38. The molecule has 0 spiro atoms. The molecule has 0 radical (unpaired) electrons. The first kappa shape index (κ1) is 8.34. The third-order valence-electron chi connectivity index (χ3n) is 3.63. The molecule has 3 rings (SSSR count). The molecule has 1 aliphatic carbocycles. The van der Waals surface area contributed by atoms with E-state index in [0.29, 0.717) is 0 Å². The van der Waals surface area contributed by atoms with Crippen LogP contribution < -0.4 is 5.32 Å². The number of fused-ring (bicyclic) bond motifs is 1. The quantitative estimate of drug-likeness (QED) is 0.710. The minimum atomic E-state index is 0.734. The van der Waals surface area contributed by atoms with E-state index in [0.717, 1.165) is 17.9 Å². The first-order valence-electron chi connectivity index (χ1n) is 5.70. The minimum Gasteiger partial charge on any atom is -0.382 e. The number of para-hydroxylation sites is 1. The molecule has 1 N–H and O–H groups in total. The third-order valence-corrected chi connectivity index (χ3v) is 3.63. The van der Waals surface area contributed by atoms with Crippen LogP contribution in [0, 0.1) is 5.92 Å². The van der Waals surface area contributed by atoms with Gasteiger partial charge in [0.1, 0.15) is 0 Å². The largest absolute Gasteiger partial charge is 0.382 e. The van der Waals surface area contributed by atoms with Crippen molar-refractivity contribution in [3.63, 3.8) is 0 Å². The van der Waals surface area contributed by atoms with Gasteiger partial charge >= 0.3 is 0 Å². The zero-order chi connectivity index (χ0) is 9.54. The molecule has 1 aliphatic heterocycles. The van der Waals surface area contributed by atoms with Crippen LogP contribution in [0.1, 0.15) is 37.7 Å². The molecular formula is C13H17N. The topological polar surface area (TPSA) is 12.0 Å². The van der Waals surface area contributed by atoms with Crippen molar-refractivity contribution in [1.29, 1.82) is 0 Å². The van der Waals surface area contributed by atoms with E-state index in [1.165, 1.54) is 30.5 Å². The van der Waals surface area contributed by atoms with Crippen molar-refractivity contribution in [3.05, 3.63) is 29.8 Å². The summed E-state index contributed by atoms with van der Waals surface area (Å²) in [4.78, 5) is 0. The summed E-state index contributed by atoms with van der Waals surface area (Å²) in [5, 5.41) is 3.69. The highest BCUT2D eigenvalue weighted by molar-refractivity contribution is 5.55. The van der Waals surface area contributed by atoms with Gasteiger partial charge in [-0.3, -0.25) is 0 Å². The summed E-state index contributed by atoms with van der Waals surface area (Å²) < 4.78 is 0. The SMILES string of the molecule is CC1CC(C2CC2)Nc2ccccc21. The van der Waals surface area contributed by atoms with Crippen molar-refractivity contribution in [2.75, 3.05) is 5.32 Å². The van der Waals surface area contributed by atoms with Crippen LogP contribution in [0.25, 0.3) is 0 Å². The second-order valence-corrected chi connectivity index (χ2v) is 4.81. The average Bonchev–Trinajstić information content (AvgIpc) is 3.01. The Bertz CT molecular complexity index is 341. The Labute approximate surface area is 85.5 Å². The van der Waals surface area contributed by atoms with Crippen LogP contribution in [0.2, 0.25) is 0 Å². The Morgan fingerprint density at radius 1 is 1.21 bits per heavy atom. The first-order chi connectivity index (χ1) is 6.84. The fourth-order valence-electron chi connectivity index (χ4n) is 2.63. The fourth-order valence-corrected chi connectivity index (χ4v) is 2.63. The van der Waals surface area contributed by atoms with Crippen molar-refractivity contribution >= 4 is 5.69 Å². The molecule has 1 nitrogen and oxygen atoms in total. The van der Waals surface area contributed by atoms with Crippen LogP contribution in [0.3, 0.4) is 0 Å². The summed E-state index contributed by atoms with van der Waals surface area (Å²) in [6.45, 7) is 2.36. The molecule has 0 bridgehead atoms. The molecule has 2 atom stereocenters. The zero-order valence-corrected chi connectivity index (χ0v) is 8.66. The van der Waals surface area contributed by atoms with Gasteiger partial charge in [-0.25, -0.2) is 0 Å². The van der Waals surface area contributed by atoms with Crippen molar-refractivity contribution in [1.82, 2.24) is 0 Å². The van der Waals surface area contributed by atoms with Gasteiger partial charge in [0.2, 0.25) is 0 Å². The highest BCUT2D eigenvalue weighted by Gasteiger charge is 2.35. The van der Waals surface area contributed by atoms with Crippen molar-refractivity contribution in [3.8, 4) is 0 Å². The van der Waals surface area contributed by atoms with Gasteiger partial charge in [0, 0.05) is 11.7 Å². The smallest absolute Gasteiger partial charge is 0.0377 e. The third kappa shape index (κ3) is 1.31. The lowest BCUT2D eigenvalue weighted by Crippen LogP contribution is -2.28. The molecule has 0 amide bonds. The molecule has 14 heavy (non-hydrogen) atoms. The number of anilines is 1. The molecule has 2 unspecified atom stereocenters. The molecule has 1 heteroatoms. The molecule has 1 fully saturated rings. The monoisotopic (exact) mass is 187 g/mol. The maximum absolute atomic E-state index is 3.69. The second-order valence-electron chi connectivity index (χ2n) is 4.81. The Balaban J connectivity index is 1.91. The van der Waals surface area contributed by atoms with Crippen molar-refractivity contribution in [2.24, 2.45) is 5.92 Å². The van der Waals surface area contributed by atoms with Crippen molar-refractivity contribution in [2.45, 2.75) is 38.1 Å². The minimum absolute atomic E-state index is 0.734. The standard InChI is InChI=1S/C13H17N/c1-9-8-13(10-6-7-10)14-12-5-3-2-4-11(9)12/h2-5,9-10,13-14H,6-8H2,1H3. The van der Waals surface area contributed by atoms with Gasteiger partial charge in [0.15, 0.2) is 0 Å². The van der Waals surface area contributed by atoms with Crippen LogP contribution in [0.4, 0.5) is 5.69 Å². The molecule has 0 saturated heterocycles. The maximum atomic E-state index is 3.69. The number of benzene rings is 1. The van der Waals surface area contributed by atoms with Gasteiger partial charge in [0.05, 0.1) is 0 Å². The molecular weight excluding hydrogens is 170 g/mol. The van der Waals surface area contributed by atoms with E-state index >= 15 is 0 Å². The summed E-state index contributed by atoms with van der Waals surface area (Å²) in [5.74, 6) is 1.70. The molecule has 1 heterocycles. The number of hydrogen-bond donors (Lipinski definition) is 1. The van der Waals surface area contributed by atoms with Gasteiger partial charge in [-0.1, -0.05) is 25.1 Å². The van der Waals surface area contributed by atoms with Gasteiger partial charge in [-0.05, 0) is 42.7 Å². The van der Waals surface area contributed by atoms with Gasteiger partial charge in [0.25, 0.3) is 0 Å². The lowest BCUT2D eigenvalue weighted by atomic mass is 9.87. The van der Waals surface area contributed by atoms with E-state index in [-0.39, 0.29) is 0 Å². The molecule has 2 aliphatic rings. The molecule has 1 aromatic rings.